The topological polar surface area (TPSA) is 62.9 Å². The maximum Gasteiger partial charge on any atom is 0.289 e. The Kier molecular flexibility index (Phi) is 3.80. The number of aryl methyl sites for hydroxylation is 1. The Hall–Kier alpha value is -1.33. The molecule has 2 fully saturated rings. The van der Waals surface area contributed by atoms with Crippen LogP contribution in [-0.2, 0) is 4.74 Å². The molecular formula is C16H23NO4. The highest BCUT2D eigenvalue weighted by molar-refractivity contribution is 5.92. The number of carbonyl (C=O) groups excluding carboxylic acids is 1. The Morgan fingerprint density at radius 3 is 2.76 bits per heavy atom. The smallest absolute Gasteiger partial charge is 0.289 e. The molecule has 1 saturated heterocycles. The van der Waals surface area contributed by atoms with E-state index >= 15 is 0 Å². The van der Waals surface area contributed by atoms with E-state index in [1.165, 1.54) is 0 Å². The molecule has 21 heavy (non-hydrogen) atoms. The van der Waals surface area contributed by atoms with Crippen LogP contribution >= 0.6 is 0 Å². The molecule has 2 atom stereocenters. The van der Waals surface area contributed by atoms with Crippen molar-refractivity contribution in [2.45, 2.75) is 45.3 Å². The second kappa shape index (κ2) is 5.46. The summed E-state index contributed by atoms with van der Waals surface area (Å²) in [5.74, 6) is 0.385. The van der Waals surface area contributed by atoms with Crippen molar-refractivity contribution in [2.75, 3.05) is 19.7 Å². The summed E-state index contributed by atoms with van der Waals surface area (Å²) >= 11 is 0. The minimum absolute atomic E-state index is 0.0471. The van der Waals surface area contributed by atoms with Gasteiger partial charge in [0.25, 0.3) is 5.91 Å². The van der Waals surface area contributed by atoms with Crippen LogP contribution in [0, 0.1) is 12.3 Å². The van der Waals surface area contributed by atoms with Gasteiger partial charge < -0.3 is 19.2 Å². The minimum atomic E-state index is -0.295. The van der Waals surface area contributed by atoms with Gasteiger partial charge >= 0.3 is 0 Å². The van der Waals surface area contributed by atoms with Gasteiger partial charge in [0.05, 0.1) is 18.5 Å². The van der Waals surface area contributed by atoms with E-state index in [4.69, 9.17) is 9.15 Å². The first-order valence-corrected chi connectivity index (χ1v) is 7.71. The van der Waals surface area contributed by atoms with Crippen molar-refractivity contribution in [3.8, 4) is 0 Å². The van der Waals surface area contributed by atoms with Crippen molar-refractivity contribution in [2.24, 2.45) is 5.41 Å². The molecule has 1 aliphatic carbocycles. The van der Waals surface area contributed by atoms with Crippen LogP contribution in [0.2, 0.25) is 0 Å². The first-order chi connectivity index (χ1) is 10.1. The second-order valence-corrected chi connectivity index (χ2v) is 6.15. The molecule has 1 aliphatic heterocycles. The summed E-state index contributed by atoms with van der Waals surface area (Å²) in [4.78, 5) is 14.3. The summed E-state index contributed by atoms with van der Waals surface area (Å²) in [6, 6.07) is 1.81. The van der Waals surface area contributed by atoms with E-state index in [0.717, 1.165) is 24.8 Å². The van der Waals surface area contributed by atoms with E-state index < -0.39 is 0 Å². The molecule has 1 saturated carbocycles. The molecule has 0 bridgehead atoms. The third kappa shape index (κ3) is 2.28. The number of furan rings is 1. The average Bonchev–Trinajstić information content (AvgIpc) is 2.92. The highest BCUT2D eigenvalue weighted by Crippen LogP contribution is 2.51. The number of amides is 1. The number of likely N-dealkylation sites (tertiary alicyclic amines) is 1. The standard InChI is InChI=1S/C16H23NO4/c1-3-20-13-10-12(18)16(13)5-7-17(8-6-16)15(19)14-11(2)4-9-21-14/h4,9,12-13,18H,3,5-8,10H2,1-2H3/t12-,13-/m0/s1. The number of hydrogen-bond acceptors (Lipinski definition) is 4. The van der Waals surface area contributed by atoms with Crippen LogP contribution < -0.4 is 0 Å². The number of aliphatic hydroxyl groups is 1. The minimum Gasteiger partial charge on any atom is -0.459 e. The van der Waals surface area contributed by atoms with Gasteiger partial charge in [-0.2, -0.15) is 0 Å². The zero-order chi connectivity index (χ0) is 15.0. The zero-order valence-electron chi connectivity index (χ0n) is 12.7. The summed E-state index contributed by atoms with van der Waals surface area (Å²) in [5.41, 5.74) is 0.724. The Balaban J connectivity index is 1.65. The molecule has 0 aromatic carbocycles. The molecule has 1 amide bonds. The van der Waals surface area contributed by atoms with Gasteiger partial charge in [-0.1, -0.05) is 0 Å². The molecule has 1 aromatic heterocycles. The lowest BCUT2D eigenvalue weighted by Crippen LogP contribution is -2.62. The van der Waals surface area contributed by atoms with Crippen molar-refractivity contribution in [3.63, 3.8) is 0 Å². The van der Waals surface area contributed by atoms with Crippen LogP contribution in [0.25, 0.3) is 0 Å². The lowest BCUT2D eigenvalue weighted by Gasteiger charge is -2.56. The lowest BCUT2D eigenvalue weighted by atomic mass is 9.58. The van der Waals surface area contributed by atoms with Crippen LogP contribution in [0.3, 0.4) is 0 Å². The second-order valence-electron chi connectivity index (χ2n) is 6.15. The molecule has 5 nitrogen and oxygen atoms in total. The third-order valence-corrected chi connectivity index (χ3v) is 5.15. The summed E-state index contributed by atoms with van der Waals surface area (Å²) in [6.45, 7) is 5.84. The number of piperidine rings is 1. The Labute approximate surface area is 124 Å². The van der Waals surface area contributed by atoms with E-state index in [1.54, 1.807) is 12.3 Å². The molecule has 3 rings (SSSR count). The van der Waals surface area contributed by atoms with E-state index in [1.807, 2.05) is 18.7 Å². The highest BCUT2D eigenvalue weighted by Gasteiger charge is 2.56. The van der Waals surface area contributed by atoms with E-state index in [9.17, 15) is 9.90 Å². The Morgan fingerprint density at radius 1 is 1.52 bits per heavy atom. The quantitative estimate of drug-likeness (QED) is 0.925. The number of aliphatic hydroxyl groups excluding tert-OH is 1. The average molecular weight is 293 g/mol. The number of rotatable bonds is 3. The van der Waals surface area contributed by atoms with Crippen LogP contribution in [0.5, 0.6) is 0 Å². The predicted octanol–water partition coefficient (Wildman–Crippen LogP) is 1.98. The van der Waals surface area contributed by atoms with Crippen molar-refractivity contribution in [1.82, 2.24) is 4.90 Å². The summed E-state index contributed by atoms with van der Waals surface area (Å²) in [6.07, 6.45) is 3.71. The van der Waals surface area contributed by atoms with Gasteiger partial charge in [0.15, 0.2) is 5.76 Å². The molecule has 2 heterocycles. The number of nitrogens with zero attached hydrogens (tertiary/aromatic N) is 1. The van der Waals surface area contributed by atoms with Crippen LogP contribution in [0.15, 0.2) is 16.7 Å². The predicted molar refractivity (Wildman–Crippen MR) is 77.1 cm³/mol. The fraction of sp³-hybridized carbons (Fsp3) is 0.688. The number of hydrogen-bond donors (Lipinski definition) is 1. The van der Waals surface area contributed by atoms with E-state index in [2.05, 4.69) is 0 Å². The van der Waals surface area contributed by atoms with Gasteiger partial charge in [-0.05, 0) is 32.8 Å². The fourth-order valence-electron chi connectivity index (χ4n) is 3.68. The summed E-state index contributed by atoms with van der Waals surface area (Å²) in [7, 11) is 0. The van der Waals surface area contributed by atoms with Gasteiger partial charge in [-0.25, -0.2) is 0 Å². The van der Waals surface area contributed by atoms with Gasteiger partial charge in [0, 0.05) is 37.1 Å². The van der Waals surface area contributed by atoms with E-state index in [0.29, 0.717) is 25.5 Å². The van der Waals surface area contributed by atoms with Crippen molar-refractivity contribution in [3.05, 3.63) is 23.7 Å². The first-order valence-electron chi connectivity index (χ1n) is 7.71. The molecular weight excluding hydrogens is 270 g/mol. The van der Waals surface area contributed by atoms with Gasteiger partial charge in [0.1, 0.15) is 0 Å². The largest absolute Gasteiger partial charge is 0.459 e. The maximum absolute atomic E-state index is 12.4. The normalized spacial score (nSPS) is 27.7. The molecule has 116 valence electrons. The molecule has 1 N–H and O–H groups in total. The van der Waals surface area contributed by atoms with Crippen LogP contribution in [-0.4, -0.2) is 47.8 Å². The van der Waals surface area contributed by atoms with Gasteiger partial charge in [-0.15, -0.1) is 0 Å². The summed E-state index contributed by atoms with van der Waals surface area (Å²) in [5, 5.41) is 10.2. The maximum atomic E-state index is 12.4. The van der Waals surface area contributed by atoms with Crippen molar-refractivity contribution >= 4 is 5.91 Å². The molecule has 1 spiro atoms. The van der Waals surface area contributed by atoms with Gasteiger partial charge in [-0.3, -0.25) is 4.79 Å². The Bertz CT molecular complexity index is 514. The van der Waals surface area contributed by atoms with E-state index in [-0.39, 0.29) is 23.5 Å². The first kappa shape index (κ1) is 14.6. The monoisotopic (exact) mass is 293 g/mol. The summed E-state index contributed by atoms with van der Waals surface area (Å²) < 4.78 is 11.0. The van der Waals surface area contributed by atoms with Crippen molar-refractivity contribution < 1.29 is 19.1 Å². The van der Waals surface area contributed by atoms with Crippen LogP contribution in [0.4, 0.5) is 0 Å². The van der Waals surface area contributed by atoms with Crippen LogP contribution in [0.1, 0.15) is 42.3 Å². The molecule has 5 heteroatoms. The number of ether oxygens (including phenoxy) is 1. The molecule has 2 aliphatic rings. The fourth-order valence-corrected chi connectivity index (χ4v) is 3.68. The van der Waals surface area contributed by atoms with Gasteiger partial charge in [0.2, 0.25) is 0 Å². The SMILES string of the molecule is CCO[C@H]1C[C@H](O)C12CCN(C(=O)c1occc1C)CC2. The molecule has 1 aromatic rings. The molecule has 0 radical (unpaired) electrons. The number of carbonyl (C=O) groups is 1. The van der Waals surface area contributed by atoms with Crippen molar-refractivity contribution in [1.29, 1.82) is 0 Å². The Morgan fingerprint density at radius 2 is 2.24 bits per heavy atom. The lowest BCUT2D eigenvalue weighted by molar-refractivity contribution is -0.207. The zero-order valence-corrected chi connectivity index (χ0v) is 12.7. The third-order valence-electron chi connectivity index (χ3n) is 5.15. The highest BCUT2D eigenvalue weighted by atomic mass is 16.5. The molecule has 0 unspecified atom stereocenters.